The molecule has 0 fully saturated rings. The highest BCUT2D eigenvalue weighted by Crippen LogP contribution is 2.39. The first-order chi connectivity index (χ1) is 19.7. The van der Waals surface area contributed by atoms with Gasteiger partial charge in [-0.05, 0) is 65.4 Å². The van der Waals surface area contributed by atoms with E-state index in [4.69, 9.17) is 4.74 Å². The molecule has 4 aromatic rings. The number of rotatable bonds is 9. The van der Waals surface area contributed by atoms with Gasteiger partial charge in [-0.2, -0.15) is 5.10 Å². The zero-order chi connectivity index (χ0) is 30.7. The lowest BCUT2D eigenvalue weighted by Crippen LogP contribution is -2.22. The third-order valence-electron chi connectivity index (χ3n) is 6.47. The lowest BCUT2D eigenvalue weighted by Gasteiger charge is -2.24. The molecule has 12 heteroatoms. The third-order valence-corrected chi connectivity index (χ3v) is 7.06. The minimum Gasteiger partial charge on any atom is -0.492 e. The minimum absolute atomic E-state index is 0.184. The van der Waals surface area contributed by atoms with E-state index in [0.29, 0.717) is 29.0 Å². The zero-order valence-corrected chi connectivity index (χ0v) is 25.2. The van der Waals surface area contributed by atoms with Crippen LogP contribution in [0.15, 0.2) is 67.3 Å². The Bertz CT molecular complexity index is 1730. The fraction of sp³-hybridized carbons (Fsp3) is 0.267. The second-order valence-electron chi connectivity index (χ2n) is 10.9. The molecule has 11 nitrogen and oxygen atoms in total. The Labute approximate surface area is 245 Å². The Morgan fingerprint density at radius 1 is 0.976 bits per heavy atom. The molecule has 0 atom stereocenters. The number of hydrogen-bond acceptors (Lipinski definition) is 7. The largest absolute Gasteiger partial charge is 0.492 e. The maximum absolute atomic E-state index is 13.5. The van der Waals surface area contributed by atoms with Gasteiger partial charge >= 0.3 is 0 Å². The normalized spacial score (nSPS) is 11.6. The molecule has 0 aliphatic carbocycles. The van der Waals surface area contributed by atoms with Crippen molar-refractivity contribution in [2.24, 2.45) is 0 Å². The van der Waals surface area contributed by atoms with Crippen molar-refractivity contribution in [3.8, 4) is 11.4 Å². The Balaban J connectivity index is 1.60. The molecule has 0 bridgehead atoms. The number of carbonyl (C=O) groups excluding carboxylic acids is 2. The van der Waals surface area contributed by atoms with Crippen molar-refractivity contribution >= 4 is 33.2 Å². The van der Waals surface area contributed by atoms with Crippen LogP contribution in [0.4, 0.5) is 11.4 Å². The van der Waals surface area contributed by atoms with Crippen LogP contribution in [0.5, 0.6) is 5.75 Å². The molecule has 0 unspecified atom stereocenters. The van der Waals surface area contributed by atoms with E-state index < -0.39 is 15.9 Å². The van der Waals surface area contributed by atoms with Gasteiger partial charge in [0.25, 0.3) is 11.8 Å². The number of nitrogens with one attached hydrogen (secondary N) is 3. The zero-order valence-electron chi connectivity index (χ0n) is 24.3. The monoisotopic (exact) mass is 590 g/mol. The number of amides is 2. The number of benzene rings is 2. The quantitative estimate of drug-likeness (QED) is 0.261. The van der Waals surface area contributed by atoms with E-state index in [0.717, 1.165) is 22.9 Å². The molecule has 0 radical (unpaired) electrons. The van der Waals surface area contributed by atoms with Gasteiger partial charge in [0.2, 0.25) is 10.0 Å². The van der Waals surface area contributed by atoms with Gasteiger partial charge in [-0.15, -0.1) is 0 Å². The van der Waals surface area contributed by atoms with Gasteiger partial charge in [0.1, 0.15) is 0 Å². The number of anilines is 2. The first-order valence-corrected chi connectivity index (χ1v) is 15.0. The Hall–Kier alpha value is -4.71. The first-order valence-electron chi connectivity index (χ1n) is 13.1. The molecule has 3 N–H and O–H groups in total. The molecule has 2 heterocycles. The van der Waals surface area contributed by atoms with Gasteiger partial charge in [-0.3, -0.25) is 19.3 Å². The lowest BCUT2D eigenvalue weighted by atomic mass is 9.86. The summed E-state index contributed by atoms with van der Waals surface area (Å²) in [6, 6.07) is 12.2. The number of aryl methyl sites for hydroxylation is 1. The predicted octanol–water partition coefficient (Wildman–Crippen LogP) is 4.44. The summed E-state index contributed by atoms with van der Waals surface area (Å²) in [7, 11) is -2.21. The highest BCUT2D eigenvalue weighted by atomic mass is 32.2. The summed E-state index contributed by atoms with van der Waals surface area (Å²) in [6.07, 6.45) is 7.44. The van der Waals surface area contributed by atoms with Crippen LogP contribution in [0.2, 0.25) is 0 Å². The number of nitrogens with zero attached hydrogens (tertiary/aromatic N) is 3. The van der Waals surface area contributed by atoms with Gasteiger partial charge in [0.15, 0.2) is 5.75 Å². The molecule has 2 amide bonds. The van der Waals surface area contributed by atoms with Crippen molar-refractivity contribution in [1.82, 2.24) is 20.1 Å². The highest BCUT2D eigenvalue weighted by Gasteiger charge is 2.23. The predicted molar refractivity (Wildman–Crippen MR) is 162 cm³/mol. The van der Waals surface area contributed by atoms with Gasteiger partial charge in [-0.25, -0.2) is 13.1 Å². The molecular weight excluding hydrogens is 556 g/mol. The maximum Gasteiger partial charge on any atom is 0.255 e. The van der Waals surface area contributed by atoms with Gasteiger partial charge in [0, 0.05) is 30.7 Å². The SMILES string of the molecule is COc1c(NC(=O)c2ccc(C)c(-n3cc(C(=O)NCc4ccncc4)cn3)c2)cc(C(C)(C)C)cc1NS(C)(=O)=O. The summed E-state index contributed by atoms with van der Waals surface area (Å²) in [5.74, 6) is -0.536. The average Bonchev–Trinajstić information content (AvgIpc) is 3.41. The van der Waals surface area contributed by atoms with Crippen molar-refractivity contribution in [1.29, 1.82) is 0 Å². The molecule has 0 saturated carbocycles. The summed E-state index contributed by atoms with van der Waals surface area (Å²) in [6.45, 7) is 8.17. The maximum atomic E-state index is 13.5. The standard InChI is InChI=1S/C30H34N6O5S/c1-19-7-8-21(13-26(19)36-18-22(17-33-36)28(37)32-16-20-9-11-31-12-10-20)29(38)34-24-14-23(30(2,3)4)15-25(27(24)41-5)35-42(6,39)40/h7-15,17-18,35H,16H2,1-6H3,(H,32,37)(H,34,38). The van der Waals surface area contributed by atoms with Crippen LogP contribution in [-0.4, -0.2) is 48.4 Å². The van der Waals surface area contributed by atoms with Crippen LogP contribution in [0.3, 0.4) is 0 Å². The topological polar surface area (TPSA) is 144 Å². The highest BCUT2D eigenvalue weighted by molar-refractivity contribution is 7.92. The van der Waals surface area contributed by atoms with E-state index in [1.807, 2.05) is 39.8 Å². The number of ether oxygens (including phenoxy) is 1. The molecule has 4 rings (SSSR count). The van der Waals surface area contributed by atoms with Crippen LogP contribution in [0, 0.1) is 6.92 Å². The summed E-state index contributed by atoms with van der Waals surface area (Å²) in [4.78, 5) is 30.1. The van der Waals surface area contributed by atoms with E-state index in [2.05, 4.69) is 25.4 Å². The fourth-order valence-corrected chi connectivity index (χ4v) is 4.75. The minimum atomic E-state index is -3.62. The molecule has 0 spiro atoms. The van der Waals surface area contributed by atoms with Gasteiger partial charge in [0.05, 0.1) is 42.2 Å². The molecule has 0 aliphatic rings. The summed E-state index contributed by atoms with van der Waals surface area (Å²) in [5, 5.41) is 10.1. The van der Waals surface area contributed by atoms with E-state index in [1.54, 1.807) is 53.6 Å². The van der Waals surface area contributed by atoms with Crippen molar-refractivity contribution in [3.05, 3.63) is 95.1 Å². The van der Waals surface area contributed by atoms with Crippen molar-refractivity contribution in [3.63, 3.8) is 0 Å². The van der Waals surface area contributed by atoms with E-state index in [9.17, 15) is 18.0 Å². The molecule has 42 heavy (non-hydrogen) atoms. The second kappa shape index (κ2) is 12.0. The van der Waals surface area contributed by atoms with Crippen LogP contribution in [0.1, 0.15) is 58.2 Å². The molecule has 2 aromatic heterocycles. The lowest BCUT2D eigenvalue weighted by molar-refractivity contribution is 0.0950. The van der Waals surface area contributed by atoms with Crippen LogP contribution >= 0.6 is 0 Å². The average molecular weight is 591 g/mol. The van der Waals surface area contributed by atoms with Crippen molar-refractivity contribution in [2.45, 2.75) is 39.7 Å². The molecule has 0 saturated heterocycles. The number of hydrogen-bond donors (Lipinski definition) is 3. The third kappa shape index (κ3) is 7.32. The van der Waals surface area contributed by atoms with E-state index in [-0.39, 0.29) is 22.8 Å². The summed E-state index contributed by atoms with van der Waals surface area (Å²) >= 11 is 0. The Morgan fingerprint density at radius 3 is 2.31 bits per heavy atom. The Morgan fingerprint density at radius 2 is 1.67 bits per heavy atom. The summed E-state index contributed by atoms with van der Waals surface area (Å²) < 4.78 is 33.6. The number of carbonyl (C=O) groups is 2. The number of methoxy groups -OCH3 is 1. The van der Waals surface area contributed by atoms with Crippen LogP contribution < -0.4 is 20.1 Å². The smallest absolute Gasteiger partial charge is 0.255 e. The molecule has 220 valence electrons. The molecule has 0 aliphatic heterocycles. The van der Waals surface area contributed by atoms with Gasteiger partial charge < -0.3 is 15.4 Å². The number of pyridine rings is 1. The number of aromatic nitrogens is 3. The van der Waals surface area contributed by atoms with Crippen molar-refractivity contribution < 1.29 is 22.7 Å². The first kappa shape index (κ1) is 30.3. The number of sulfonamides is 1. The summed E-state index contributed by atoms with van der Waals surface area (Å²) in [5.41, 5.74) is 4.05. The second-order valence-corrected chi connectivity index (χ2v) is 12.6. The molecule has 2 aromatic carbocycles. The van der Waals surface area contributed by atoms with E-state index >= 15 is 0 Å². The van der Waals surface area contributed by atoms with Gasteiger partial charge in [-0.1, -0.05) is 26.8 Å². The van der Waals surface area contributed by atoms with E-state index in [1.165, 1.54) is 13.3 Å². The van der Waals surface area contributed by atoms with Crippen LogP contribution in [-0.2, 0) is 22.0 Å². The van der Waals surface area contributed by atoms with Crippen LogP contribution in [0.25, 0.3) is 5.69 Å². The fourth-order valence-electron chi connectivity index (χ4n) is 4.20. The van der Waals surface area contributed by atoms with Crippen molar-refractivity contribution in [2.75, 3.05) is 23.4 Å². The Kier molecular flexibility index (Phi) is 8.67. The molecular formula is C30H34N6O5S.